The van der Waals surface area contributed by atoms with E-state index in [4.69, 9.17) is 10.4 Å². The summed E-state index contributed by atoms with van der Waals surface area (Å²) in [5.41, 5.74) is 0.563. The fourth-order valence-corrected chi connectivity index (χ4v) is 1.97. The highest BCUT2D eigenvalue weighted by atomic mass is 32.1. The molecule has 14 heavy (non-hydrogen) atoms. The van der Waals surface area contributed by atoms with Gasteiger partial charge in [-0.1, -0.05) is 0 Å². The second-order valence-electron chi connectivity index (χ2n) is 2.66. The lowest BCUT2D eigenvalue weighted by atomic mass is 10.1. The summed E-state index contributed by atoms with van der Waals surface area (Å²) in [4.78, 5) is 10.7. The van der Waals surface area contributed by atoms with E-state index < -0.39 is 5.97 Å². The first kappa shape index (κ1) is 8.66. The first-order valence-electron chi connectivity index (χ1n) is 3.75. The van der Waals surface area contributed by atoms with Gasteiger partial charge in [-0.05, 0) is 29.7 Å². The van der Waals surface area contributed by atoms with Crippen molar-refractivity contribution in [1.82, 2.24) is 4.37 Å². The zero-order valence-electron chi connectivity index (χ0n) is 6.89. The van der Waals surface area contributed by atoms with Crippen LogP contribution in [-0.4, -0.2) is 15.4 Å². The van der Waals surface area contributed by atoms with Crippen molar-refractivity contribution in [3.8, 4) is 6.07 Å². The molecule has 4 nitrogen and oxygen atoms in total. The van der Waals surface area contributed by atoms with Gasteiger partial charge in [-0.2, -0.15) is 9.64 Å². The van der Waals surface area contributed by atoms with E-state index in [1.54, 1.807) is 18.2 Å². The number of carboxylic acid groups (broad SMARTS) is 1. The van der Waals surface area contributed by atoms with Crippen LogP contribution in [0.4, 0.5) is 0 Å². The molecule has 0 spiro atoms. The molecule has 0 aliphatic rings. The Morgan fingerprint density at radius 1 is 1.57 bits per heavy atom. The molecule has 0 radical (unpaired) electrons. The van der Waals surface area contributed by atoms with Crippen LogP contribution in [-0.2, 0) is 0 Å². The number of carbonyl (C=O) groups is 1. The van der Waals surface area contributed by atoms with Crippen LogP contribution >= 0.6 is 11.5 Å². The van der Waals surface area contributed by atoms with Crippen LogP contribution in [0.25, 0.3) is 10.1 Å². The Hall–Kier alpha value is -1.93. The maximum atomic E-state index is 10.7. The lowest BCUT2D eigenvalue weighted by molar-refractivity contribution is 0.0694. The number of fused-ring (bicyclic) bond motifs is 1. The van der Waals surface area contributed by atoms with Crippen LogP contribution in [0.3, 0.4) is 0 Å². The Bertz CT molecular complexity index is 553. The first-order chi connectivity index (χ1) is 6.72. The summed E-state index contributed by atoms with van der Waals surface area (Å²) in [6, 6.07) is 6.83. The molecule has 0 atom stereocenters. The lowest BCUT2D eigenvalue weighted by Crippen LogP contribution is -1.95. The van der Waals surface area contributed by atoms with Crippen molar-refractivity contribution >= 4 is 27.6 Å². The van der Waals surface area contributed by atoms with Crippen molar-refractivity contribution in [3.63, 3.8) is 0 Å². The Morgan fingerprint density at radius 2 is 2.36 bits per heavy atom. The summed E-state index contributed by atoms with van der Waals surface area (Å²) in [5.74, 6) is -1.04. The van der Waals surface area contributed by atoms with E-state index in [-0.39, 0.29) is 5.69 Å². The summed E-state index contributed by atoms with van der Waals surface area (Å²) in [6.45, 7) is 0. The Kier molecular flexibility index (Phi) is 1.91. The van der Waals surface area contributed by atoms with Crippen LogP contribution in [0.2, 0.25) is 0 Å². The smallest absolute Gasteiger partial charge is 0.356 e. The number of aromatic carboxylic acids is 1. The summed E-state index contributed by atoms with van der Waals surface area (Å²) >= 11 is 1.09. The van der Waals surface area contributed by atoms with Crippen LogP contribution in [0.1, 0.15) is 16.1 Å². The standard InChI is InChI=1S/C9H4N2O2S/c10-4-5-1-2-6-7(3-5)14-11-8(6)9(12)13/h1-3H,(H,12,13). The maximum Gasteiger partial charge on any atom is 0.356 e. The molecule has 0 bridgehead atoms. The maximum absolute atomic E-state index is 10.7. The molecule has 2 rings (SSSR count). The fourth-order valence-electron chi connectivity index (χ4n) is 1.16. The van der Waals surface area contributed by atoms with Crippen molar-refractivity contribution in [2.24, 2.45) is 0 Å². The van der Waals surface area contributed by atoms with E-state index in [9.17, 15) is 4.79 Å². The molecular formula is C9H4N2O2S. The number of aromatic nitrogens is 1. The van der Waals surface area contributed by atoms with Gasteiger partial charge in [-0.25, -0.2) is 4.79 Å². The van der Waals surface area contributed by atoms with Crippen molar-refractivity contribution in [2.75, 3.05) is 0 Å². The number of nitriles is 1. The molecule has 0 amide bonds. The van der Waals surface area contributed by atoms with Crippen molar-refractivity contribution in [3.05, 3.63) is 29.5 Å². The average Bonchev–Trinajstić information content (AvgIpc) is 2.59. The predicted octanol–water partition coefficient (Wildman–Crippen LogP) is 1.87. The number of rotatable bonds is 1. The summed E-state index contributed by atoms with van der Waals surface area (Å²) in [5, 5.41) is 18.0. The highest BCUT2D eigenvalue weighted by molar-refractivity contribution is 7.13. The molecule has 1 heterocycles. The average molecular weight is 204 g/mol. The van der Waals surface area contributed by atoms with E-state index in [1.165, 1.54) is 0 Å². The van der Waals surface area contributed by atoms with Crippen LogP contribution in [0.15, 0.2) is 18.2 Å². The van der Waals surface area contributed by atoms with Gasteiger partial charge in [-0.3, -0.25) is 0 Å². The van der Waals surface area contributed by atoms with E-state index in [1.807, 2.05) is 6.07 Å². The molecule has 1 N–H and O–H groups in total. The number of benzene rings is 1. The molecule has 0 aliphatic carbocycles. The molecule has 0 unspecified atom stereocenters. The molecule has 68 valence electrons. The Balaban J connectivity index is 2.73. The zero-order chi connectivity index (χ0) is 10.1. The number of nitrogens with zero attached hydrogens (tertiary/aromatic N) is 2. The van der Waals surface area contributed by atoms with Gasteiger partial charge >= 0.3 is 5.97 Å². The van der Waals surface area contributed by atoms with Gasteiger partial charge in [0.05, 0.1) is 16.3 Å². The second kappa shape index (κ2) is 3.09. The Morgan fingerprint density at radius 3 is 3.00 bits per heavy atom. The van der Waals surface area contributed by atoms with Gasteiger partial charge in [0.2, 0.25) is 0 Å². The van der Waals surface area contributed by atoms with Gasteiger partial charge in [0.1, 0.15) is 0 Å². The minimum absolute atomic E-state index is 0.0505. The number of hydrogen-bond acceptors (Lipinski definition) is 4. The molecule has 5 heteroatoms. The van der Waals surface area contributed by atoms with E-state index in [0.29, 0.717) is 10.9 Å². The zero-order valence-corrected chi connectivity index (χ0v) is 7.71. The molecule has 1 aromatic carbocycles. The van der Waals surface area contributed by atoms with Gasteiger partial charge in [0.25, 0.3) is 0 Å². The van der Waals surface area contributed by atoms with Crippen molar-refractivity contribution in [2.45, 2.75) is 0 Å². The molecule has 1 aromatic heterocycles. The third-order valence-corrected chi connectivity index (χ3v) is 2.61. The molecular weight excluding hydrogens is 200 g/mol. The number of hydrogen-bond donors (Lipinski definition) is 1. The minimum atomic E-state index is -1.04. The van der Waals surface area contributed by atoms with Crippen molar-refractivity contribution in [1.29, 1.82) is 5.26 Å². The second-order valence-corrected chi connectivity index (χ2v) is 3.46. The van der Waals surface area contributed by atoms with Crippen LogP contribution in [0.5, 0.6) is 0 Å². The van der Waals surface area contributed by atoms with Crippen LogP contribution < -0.4 is 0 Å². The minimum Gasteiger partial charge on any atom is -0.476 e. The van der Waals surface area contributed by atoms with Gasteiger partial charge in [-0.15, -0.1) is 0 Å². The van der Waals surface area contributed by atoms with E-state index in [0.717, 1.165) is 16.2 Å². The third kappa shape index (κ3) is 1.22. The summed E-state index contributed by atoms with van der Waals surface area (Å²) < 4.78 is 4.53. The van der Waals surface area contributed by atoms with Gasteiger partial charge in [0, 0.05) is 5.39 Å². The molecule has 2 aromatic rings. The SMILES string of the molecule is N#Cc1ccc2c(C(=O)O)nsc2c1. The molecule has 0 fully saturated rings. The van der Waals surface area contributed by atoms with Gasteiger partial charge in [0.15, 0.2) is 5.69 Å². The monoisotopic (exact) mass is 204 g/mol. The Labute approximate surface area is 83.2 Å². The van der Waals surface area contributed by atoms with Crippen molar-refractivity contribution < 1.29 is 9.90 Å². The van der Waals surface area contributed by atoms with E-state index >= 15 is 0 Å². The summed E-state index contributed by atoms with van der Waals surface area (Å²) in [7, 11) is 0. The highest BCUT2D eigenvalue weighted by Crippen LogP contribution is 2.23. The number of carboxylic acids is 1. The fraction of sp³-hybridized carbons (Fsp3) is 0. The quantitative estimate of drug-likeness (QED) is 0.769. The van der Waals surface area contributed by atoms with Crippen LogP contribution in [0, 0.1) is 11.3 Å². The molecule has 0 saturated carbocycles. The largest absolute Gasteiger partial charge is 0.476 e. The highest BCUT2D eigenvalue weighted by Gasteiger charge is 2.12. The third-order valence-electron chi connectivity index (χ3n) is 1.80. The van der Waals surface area contributed by atoms with E-state index in [2.05, 4.69) is 4.37 Å². The normalized spacial score (nSPS) is 9.93. The topological polar surface area (TPSA) is 74.0 Å². The predicted molar refractivity (Wildman–Crippen MR) is 51.3 cm³/mol. The molecule has 0 aliphatic heterocycles. The first-order valence-corrected chi connectivity index (χ1v) is 4.52. The molecule has 0 saturated heterocycles. The van der Waals surface area contributed by atoms with Gasteiger partial charge < -0.3 is 5.11 Å². The summed E-state index contributed by atoms with van der Waals surface area (Å²) in [6.07, 6.45) is 0. The lowest BCUT2D eigenvalue weighted by Gasteiger charge is -1.90.